The molecule has 136 valence electrons. The number of morpholine rings is 1. The number of anilines is 1. The lowest BCUT2D eigenvalue weighted by atomic mass is 10.1. The topological polar surface area (TPSA) is 83.4 Å². The maximum absolute atomic E-state index is 12.2. The van der Waals surface area contributed by atoms with Gasteiger partial charge < -0.3 is 14.5 Å². The van der Waals surface area contributed by atoms with Crippen molar-refractivity contribution in [3.05, 3.63) is 58.3 Å². The van der Waals surface area contributed by atoms with Gasteiger partial charge in [0.05, 0.1) is 30.2 Å². The molecule has 4 rings (SSSR count). The van der Waals surface area contributed by atoms with E-state index in [0.29, 0.717) is 36.6 Å². The number of H-pyrrole nitrogens is 1. The summed E-state index contributed by atoms with van der Waals surface area (Å²) in [5.41, 5.74) is 0.533. The van der Waals surface area contributed by atoms with Crippen LogP contribution in [-0.2, 0) is 4.74 Å². The number of benzene rings is 1. The van der Waals surface area contributed by atoms with E-state index in [4.69, 9.17) is 9.15 Å². The lowest BCUT2D eigenvalue weighted by Crippen LogP contribution is -2.41. The maximum Gasteiger partial charge on any atom is 0.260 e. The van der Waals surface area contributed by atoms with E-state index in [2.05, 4.69) is 20.2 Å². The van der Waals surface area contributed by atoms with Gasteiger partial charge in [0.2, 0.25) is 5.95 Å². The Balaban J connectivity index is 1.57. The fraction of sp³-hybridized carbons (Fsp3) is 0.368. The maximum atomic E-state index is 12.2. The molecule has 3 aromatic rings. The largest absolute Gasteiger partial charge is 0.465 e. The second-order valence-electron chi connectivity index (χ2n) is 6.43. The average molecular weight is 354 g/mol. The van der Waals surface area contributed by atoms with Gasteiger partial charge in [-0.25, -0.2) is 4.98 Å². The second kappa shape index (κ2) is 7.31. The number of aromatic amines is 1. The van der Waals surface area contributed by atoms with E-state index in [1.165, 1.54) is 0 Å². The highest BCUT2D eigenvalue weighted by Crippen LogP contribution is 2.24. The van der Waals surface area contributed by atoms with E-state index in [9.17, 15) is 4.79 Å². The van der Waals surface area contributed by atoms with Crippen molar-refractivity contribution < 1.29 is 9.15 Å². The lowest BCUT2D eigenvalue weighted by molar-refractivity contribution is 0.0143. The zero-order chi connectivity index (χ0) is 17.9. The standard InChI is InChI=1S/C19H22N4O3/c1-13-6-7-17(26-13)16(23-8-10-25-11-9-23)12-20-19-21-15-5-3-2-4-14(15)18(24)22-19/h2-7,16H,8-12H2,1H3,(H2,20,21,22,24). The van der Waals surface area contributed by atoms with Crippen LogP contribution >= 0.6 is 0 Å². The van der Waals surface area contributed by atoms with Gasteiger partial charge in [0, 0.05) is 19.6 Å². The van der Waals surface area contributed by atoms with Crippen LogP contribution in [0.1, 0.15) is 17.6 Å². The number of nitrogens with one attached hydrogen (secondary N) is 2. The number of hydrogen-bond donors (Lipinski definition) is 2. The molecule has 1 fully saturated rings. The molecule has 1 aliphatic rings. The summed E-state index contributed by atoms with van der Waals surface area (Å²) in [6.45, 7) is 5.62. The summed E-state index contributed by atoms with van der Waals surface area (Å²) >= 11 is 0. The summed E-state index contributed by atoms with van der Waals surface area (Å²) in [5.74, 6) is 2.26. The number of hydrogen-bond acceptors (Lipinski definition) is 6. The first-order valence-corrected chi connectivity index (χ1v) is 8.82. The molecule has 7 heteroatoms. The van der Waals surface area contributed by atoms with E-state index in [1.807, 2.05) is 37.3 Å². The molecule has 1 aromatic carbocycles. The summed E-state index contributed by atoms with van der Waals surface area (Å²) < 4.78 is 11.3. The highest BCUT2D eigenvalue weighted by Gasteiger charge is 2.25. The van der Waals surface area contributed by atoms with Crippen molar-refractivity contribution in [1.82, 2.24) is 14.9 Å². The molecule has 2 aromatic heterocycles. The van der Waals surface area contributed by atoms with Gasteiger partial charge in [-0.05, 0) is 31.2 Å². The fourth-order valence-corrected chi connectivity index (χ4v) is 3.29. The van der Waals surface area contributed by atoms with Crippen LogP contribution < -0.4 is 10.9 Å². The third-order valence-electron chi connectivity index (χ3n) is 4.65. The van der Waals surface area contributed by atoms with Gasteiger partial charge in [-0.1, -0.05) is 12.1 Å². The predicted molar refractivity (Wildman–Crippen MR) is 99.4 cm³/mol. The van der Waals surface area contributed by atoms with E-state index in [-0.39, 0.29) is 11.6 Å². The van der Waals surface area contributed by atoms with Crippen molar-refractivity contribution in [3.63, 3.8) is 0 Å². The Morgan fingerprint density at radius 2 is 2.04 bits per heavy atom. The van der Waals surface area contributed by atoms with E-state index in [0.717, 1.165) is 24.6 Å². The molecule has 0 radical (unpaired) electrons. The van der Waals surface area contributed by atoms with E-state index < -0.39 is 0 Å². The molecular formula is C19H22N4O3. The van der Waals surface area contributed by atoms with Gasteiger partial charge in [-0.2, -0.15) is 0 Å². The minimum atomic E-state index is -0.144. The van der Waals surface area contributed by atoms with Crippen LogP contribution in [0.4, 0.5) is 5.95 Å². The van der Waals surface area contributed by atoms with Crippen LogP contribution in [0.15, 0.2) is 45.6 Å². The molecule has 0 saturated carbocycles. The number of furan rings is 1. The first kappa shape index (κ1) is 16.8. The first-order chi connectivity index (χ1) is 12.7. The van der Waals surface area contributed by atoms with E-state index >= 15 is 0 Å². The third-order valence-corrected chi connectivity index (χ3v) is 4.65. The zero-order valence-electron chi connectivity index (χ0n) is 14.7. The van der Waals surface area contributed by atoms with Gasteiger partial charge in [0.15, 0.2) is 0 Å². The third kappa shape index (κ3) is 3.49. The number of para-hydroxylation sites is 1. The summed E-state index contributed by atoms with van der Waals surface area (Å²) in [6, 6.07) is 11.3. The summed E-state index contributed by atoms with van der Waals surface area (Å²) in [5, 5.41) is 3.86. The number of ether oxygens (including phenoxy) is 1. The minimum Gasteiger partial charge on any atom is -0.465 e. The molecular weight excluding hydrogens is 332 g/mol. The SMILES string of the molecule is Cc1ccc(C(CNc2nc3ccccc3c(=O)[nH]2)N2CCOCC2)o1. The van der Waals surface area contributed by atoms with Crippen LogP contribution in [0, 0.1) is 6.92 Å². The highest BCUT2D eigenvalue weighted by molar-refractivity contribution is 5.78. The molecule has 1 saturated heterocycles. The Bertz CT molecular complexity index is 943. The molecule has 7 nitrogen and oxygen atoms in total. The van der Waals surface area contributed by atoms with Gasteiger partial charge >= 0.3 is 0 Å². The van der Waals surface area contributed by atoms with E-state index in [1.54, 1.807) is 6.07 Å². The number of rotatable bonds is 5. The molecule has 1 atom stereocenters. The molecule has 0 spiro atoms. The molecule has 26 heavy (non-hydrogen) atoms. The Morgan fingerprint density at radius 1 is 1.23 bits per heavy atom. The molecule has 0 amide bonds. The van der Waals surface area contributed by atoms with Crippen molar-refractivity contribution in [2.75, 3.05) is 38.2 Å². The van der Waals surface area contributed by atoms with Gasteiger partial charge in [0.1, 0.15) is 11.5 Å². The van der Waals surface area contributed by atoms with Gasteiger partial charge in [-0.15, -0.1) is 0 Å². The number of fused-ring (bicyclic) bond motifs is 1. The van der Waals surface area contributed by atoms with Crippen molar-refractivity contribution in [1.29, 1.82) is 0 Å². The molecule has 1 unspecified atom stereocenters. The van der Waals surface area contributed by atoms with Crippen molar-refractivity contribution in [3.8, 4) is 0 Å². The molecule has 2 N–H and O–H groups in total. The average Bonchev–Trinajstić information content (AvgIpc) is 3.09. The fourth-order valence-electron chi connectivity index (χ4n) is 3.29. The van der Waals surface area contributed by atoms with Crippen molar-refractivity contribution in [2.45, 2.75) is 13.0 Å². The van der Waals surface area contributed by atoms with Crippen LogP contribution in [0.5, 0.6) is 0 Å². The van der Waals surface area contributed by atoms with Crippen LogP contribution in [0.25, 0.3) is 10.9 Å². The number of nitrogens with zero attached hydrogens (tertiary/aromatic N) is 2. The molecule has 0 bridgehead atoms. The minimum absolute atomic E-state index is 0.0457. The predicted octanol–water partition coefficient (Wildman–Crippen LogP) is 2.31. The second-order valence-corrected chi connectivity index (χ2v) is 6.43. The van der Waals surface area contributed by atoms with Crippen LogP contribution in [-0.4, -0.2) is 47.7 Å². The molecule has 0 aliphatic carbocycles. The Labute approximate surface area is 151 Å². The van der Waals surface area contributed by atoms with Gasteiger partial charge in [-0.3, -0.25) is 14.7 Å². The van der Waals surface area contributed by atoms with Crippen molar-refractivity contribution >= 4 is 16.9 Å². The molecule has 1 aliphatic heterocycles. The summed E-state index contributed by atoms with van der Waals surface area (Å²) in [4.78, 5) is 21.9. The monoisotopic (exact) mass is 354 g/mol. The smallest absolute Gasteiger partial charge is 0.260 e. The Morgan fingerprint density at radius 3 is 2.81 bits per heavy atom. The summed E-state index contributed by atoms with van der Waals surface area (Å²) in [7, 11) is 0. The quantitative estimate of drug-likeness (QED) is 0.732. The Kier molecular flexibility index (Phi) is 4.73. The zero-order valence-corrected chi connectivity index (χ0v) is 14.7. The highest BCUT2D eigenvalue weighted by atomic mass is 16.5. The number of aryl methyl sites for hydroxylation is 1. The van der Waals surface area contributed by atoms with Crippen LogP contribution in [0.3, 0.4) is 0 Å². The lowest BCUT2D eigenvalue weighted by Gasteiger charge is -2.33. The number of aromatic nitrogens is 2. The Hall–Kier alpha value is -2.64. The van der Waals surface area contributed by atoms with Crippen molar-refractivity contribution in [2.24, 2.45) is 0 Å². The van der Waals surface area contributed by atoms with Crippen LogP contribution in [0.2, 0.25) is 0 Å². The summed E-state index contributed by atoms with van der Waals surface area (Å²) in [6.07, 6.45) is 0. The van der Waals surface area contributed by atoms with Gasteiger partial charge in [0.25, 0.3) is 5.56 Å². The first-order valence-electron chi connectivity index (χ1n) is 8.82. The normalized spacial score (nSPS) is 16.7. The molecule has 3 heterocycles.